The zero-order valence-electron chi connectivity index (χ0n) is 10.9. The van der Waals surface area contributed by atoms with E-state index in [9.17, 15) is 0 Å². The molecule has 1 aromatic rings. The van der Waals surface area contributed by atoms with Crippen LogP contribution < -0.4 is 10.2 Å². The molecule has 0 radical (unpaired) electrons. The van der Waals surface area contributed by atoms with Gasteiger partial charge in [0.1, 0.15) is 0 Å². The van der Waals surface area contributed by atoms with Gasteiger partial charge in [0, 0.05) is 42.8 Å². The first kappa shape index (κ1) is 12.4. The van der Waals surface area contributed by atoms with Crippen molar-refractivity contribution in [1.29, 1.82) is 0 Å². The van der Waals surface area contributed by atoms with Crippen LogP contribution in [0.5, 0.6) is 0 Å². The van der Waals surface area contributed by atoms with Crippen LogP contribution in [0.15, 0.2) is 18.5 Å². The van der Waals surface area contributed by atoms with Crippen molar-refractivity contribution in [3.63, 3.8) is 0 Å². The third-order valence-corrected chi connectivity index (χ3v) is 3.61. The van der Waals surface area contributed by atoms with Crippen molar-refractivity contribution >= 4 is 5.69 Å². The normalized spacial score (nSPS) is 21.3. The fourth-order valence-corrected chi connectivity index (χ4v) is 2.66. The molecule has 1 aliphatic heterocycles. The Bertz CT molecular complexity index is 351. The lowest BCUT2D eigenvalue weighted by molar-refractivity contribution is 0.613. The van der Waals surface area contributed by atoms with E-state index in [1.54, 1.807) is 0 Å². The van der Waals surface area contributed by atoms with E-state index in [0.717, 1.165) is 6.54 Å². The van der Waals surface area contributed by atoms with E-state index in [-0.39, 0.29) is 0 Å². The molecular formula is C14H23N3. The van der Waals surface area contributed by atoms with Crippen molar-refractivity contribution in [1.82, 2.24) is 10.3 Å². The van der Waals surface area contributed by atoms with Gasteiger partial charge >= 0.3 is 0 Å². The number of hydrogen-bond acceptors (Lipinski definition) is 3. The molecule has 2 rings (SSSR count). The quantitative estimate of drug-likeness (QED) is 0.869. The third kappa shape index (κ3) is 2.97. The molecular weight excluding hydrogens is 210 g/mol. The molecule has 1 atom stereocenters. The van der Waals surface area contributed by atoms with Gasteiger partial charge in [-0.3, -0.25) is 4.98 Å². The fourth-order valence-electron chi connectivity index (χ4n) is 2.66. The molecule has 1 aliphatic rings. The van der Waals surface area contributed by atoms with Crippen LogP contribution in [0, 0.1) is 0 Å². The van der Waals surface area contributed by atoms with E-state index >= 15 is 0 Å². The van der Waals surface area contributed by atoms with Crippen molar-refractivity contribution < 1.29 is 0 Å². The largest absolute Gasteiger partial charge is 0.368 e. The zero-order valence-corrected chi connectivity index (χ0v) is 10.9. The van der Waals surface area contributed by atoms with Gasteiger partial charge in [0.2, 0.25) is 0 Å². The van der Waals surface area contributed by atoms with Gasteiger partial charge in [-0.05, 0) is 32.9 Å². The maximum Gasteiger partial charge on any atom is 0.0445 e. The SMILES string of the molecule is CNCc1cnccc1N1CCCCCC1C. The van der Waals surface area contributed by atoms with Crippen molar-refractivity contribution in [2.75, 3.05) is 18.5 Å². The van der Waals surface area contributed by atoms with Crippen LogP contribution in [-0.4, -0.2) is 24.6 Å². The molecule has 0 amide bonds. The third-order valence-electron chi connectivity index (χ3n) is 3.61. The summed E-state index contributed by atoms with van der Waals surface area (Å²) >= 11 is 0. The van der Waals surface area contributed by atoms with Crippen molar-refractivity contribution in [3.8, 4) is 0 Å². The molecule has 3 heteroatoms. The van der Waals surface area contributed by atoms with Gasteiger partial charge in [-0.15, -0.1) is 0 Å². The molecule has 0 spiro atoms. The second-order valence-electron chi connectivity index (χ2n) is 4.93. The average Bonchev–Trinajstić information content (AvgIpc) is 2.55. The topological polar surface area (TPSA) is 28.2 Å². The van der Waals surface area contributed by atoms with Gasteiger partial charge in [0.05, 0.1) is 0 Å². The maximum absolute atomic E-state index is 4.24. The van der Waals surface area contributed by atoms with Crippen LogP contribution >= 0.6 is 0 Å². The van der Waals surface area contributed by atoms with Crippen LogP contribution in [0.1, 0.15) is 38.2 Å². The second kappa shape index (κ2) is 6.01. The van der Waals surface area contributed by atoms with Crippen LogP contribution in [0.3, 0.4) is 0 Å². The van der Waals surface area contributed by atoms with E-state index in [0.29, 0.717) is 6.04 Å². The van der Waals surface area contributed by atoms with Gasteiger partial charge < -0.3 is 10.2 Å². The summed E-state index contributed by atoms with van der Waals surface area (Å²) in [5.74, 6) is 0. The molecule has 0 aromatic carbocycles. The van der Waals surface area contributed by atoms with E-state index in [1.165, 1.54) is 43.5 Å². The highest BCUT2D eigenvalue weighted by Crippen LogP contribution is 2.26. The second-order valence-corrected chi connectivity index (χ2v) is 4.93. The molecule has 1 unspecified atom stereocenters. The average molecular weight is 233 g/mol. The highest BCUT2D eigenvalue weighted by atomic mass is 15.2. The molecule has 3 nitrogen and oxygen atoms in total. The summed E-state index contributed by atoms with van der Waals surface area (Å²) in [5, 5.41) is 3.23. The Hall–Kier alpha value is -1.09. The van der Waals surface area contributed by atoms with Crippen LogP contribution in [0.4, 0.5) is 5.69 Å². The van der Waals surface area contributed by atoms with Crippen molar-refractivity contribution in [2.45, 2.75) is 45.2 Å². The predicted molar refractivity (Wildman–Crippen MR) is 72.3 cm³/mol. The molecule has 17 heavy (non-hydrogen) atoms. The number of aromatic nitrogens is 1. The molecule has 1 aromatic heterocycles. The van der Waals surface area contributed by atoms with Crippen LogP contribution in [-0.2, 0) is 6.54 Å². The lowest BCUT2D eigenvalue weighted by atomic mass is 10.1. The molecule has 1 N–H and O–H groups in total. The summed E-state index contributed by atoms with van der Waals surface area (Å²) in [6.07, 6.45) is 9.25. The highest BCUT2D eigenvalue weighted by molar-refractivity contribution is 5.53. The first-order valence-electron chi connectivity index (χ1n) is 6.67. The Balaban J connectivity index is 2.24. The van der Waals surface area contributed by atoms with Gasteiger partial charge in [-0.2, -0.15) is 0 Å². The standard InChI is InChI=1S/C14H23N3/c1-12-6-4-3-5-9-17(12)14-7-8-16-11-13(14)10-15-2/h7-8,11-12,15H,3-6,9-10H2,1-2H3. The van der Waals surface area contributed by atoms with Gasteiger partial charge in [-0.25, -0.2) is 0 Å². The Morgan fingerprint density at radius 2 is 2.29 bits per heavy atom. The lowest BCUT2D eigenvalue weighted by Crippen LogP contribution is -2.33. The summed E-state index contributed by atoms with van der Waals surface area (Å²) in [7, 11) is 1.99. The van der Waals surface area contributed by atoms with Gasteiger partial charge in [0.25, 0.3) is 0 Å². The first-order valence-corrected chi connectivity index (χ1v) is 6.67. The molecule has 1 fully saturated rings. The van der Waals surface area contributed by atoms with Crippen LogP contribution in [0.2, 0.25) is 0 Å². The Morgan fingerprint density at radius 3 is 3.12 bits per heavy atom. The molecule has 94 valence electrons. The molecule has 0 saturated carbocycles. The van der Waals surface area contributed by atoms with E-state index < -0.39 is 0 Å². The number of pyridine rings is 1. The van der Waals surface area contributed by atoms with E-state index in [2.05, 4.69) is 28.2 Å². The number of rotatable bonds is 3. The Labute approximate surface area is 104 Å². The van der Waals surface area contributed by atoms with E-state index in [4.69, 9.17) is 0 Å². The van der Waals surface area contributed by atoms with Gasteiger partial charge in [-0.1, -0.05) is 12.8 Å². The number of anilines is 1. The Morgan fingerprint density at radius 1 is 1.41 bits per heavy atom. The minimum absolute atomic E-state index is 0.649. The fraction of sp³-hybridized carbons (Fsp3) is 0.643. The highest BCUT2D eigenvalue weighted by Gasteiger charge is 2.19. The van der Waals surface area contributed by atoms with Crippen molar-refractivity contribution in [3.05, 3.63) is 24.0 Å². The molecule has 0 aliphatic carbocycles. The monoisotopic (exact) mass is 233 g/mol. The summed E-state index contributed by atoms with van der Waals surface area (Å²) in [5.41, 5.74) is 2.67. The van der Waals surface area contributed by atoms with Crippen LogP contribution in [0.25, 0.3) is 0 Å². The predicted octanol–water partition coefficient (Wildman–Crippen LogP) is 2.57. The number of nitrogens with one attached hydrogen (secondary N) is 1. The lowest BCUT2D eigenvalue weighted by Gasteiger charge is -2.31. The minimum Gasteiger partial charge on any atom is -0.368 e. The van der Waals surface area contributed by atoms with Gasteiger partial charge in [0.15, 0.2) is 0 Å². The first-order chi connectivity index (χ1) is 8.33. The summed E-state index contributed by atoms with van der Waals surface area (Å²) in [6.45, 7) is 4.42. The zero-order chi connectivity index (χ0) is 12.1. The summed E-state index contributed by atoms with van der Waals surface area (Å²) in [4.78, 5) is 6.80. The Kier molecular flexibility index (Phi) is 4.37. The summed E-state index contributed by atoms with van der Waals surface area (Å²) in [6, 6.07) is 2.81. The van der Waals surface area contributed by atoms with Crippen molar-refractivity contribution in [2.24, 2.45) is 0 Å². The minimum atomic E-state index is 0.649. The number of nitrogens with zero attached hydrogens (tertiary/aromatic N) is 2. The molecule has 0 bridgehead atoms. The number of hydrogen-bond donors (Lipinski definition) is 1. The summed E-state index contributed by atoms with van der Waals surface area (Å²) < 4.78 is 0. The smallest absolute Gasteiger partial charge is 0.0445 e. The molecule has 1 saturated heterocycles. The van der Waals surface area contributed by atoms with E-state index in [1.807, 2.05) is 19.4 Å². The molecule has 2 heterocycles. The maximum atomic E-state index is 4.24.